The molecule has 2 aromatic carbocycles. The van der Waals surface area contributed by atoms with Gasteiger partial charge < -0.3 is 25.6 Å². The molecule has 8 nitrogen and oxygen atoms in total. The highest BCUT2D eigenvalue weighted by molar-refractivity contribution is 5.85. The highest BCUT2D eigenvalue weighted by atomic mass is 35.5. The standard InChI is InChI=1S/C29H31F2N7O.ClH/c1-37(2)24-14-18(9-10-21(24)30)20-16-34-27(15-23(20)38-13-5-6-19(32)17-38)35-26-11-12-33-29(36-26)28-22(31)7-4-8-25(28)39-3;/h4,7-12,14-16,19H,5-6,13,17,32H2,1-3H3,(H,33,34,35,36);1H/t19-;/m0./s1. The predicted octanol–water partition coefficient (Wildman–Crippen LogP) is 5.65. The molecule has 0 radical (unpaired) electrons. The Morgan fingerprint density at radius 2 is 1.88 bits per heavy atom. The monoisotopic (exact) mass is 567 g/mol. The van der Waals surface area contributed by atoms with Crippen LogP contribution in [0.2, 0.25) is 0 Å². The number of halogens is 3. The summed E-state index contributed by atoms with van der Waals surface area (Å²) in [6.07, 6.45) is 5.26. The normalized spacial score (nSPS) is 14.8. The van der Waals surface area contributed by atoms with Crippen molar-refractivity contribution in [3.8, 4) is 28.3 Å². The maximum atomic E-state index is 14.6. The van der Waals surface area contributed by atoms with E-state index >= 15 is 0 Å². The molecule has 3 N–H and O–H groups in total. The number of benzene rings is 2. The van der Waals surface area contributed by atoms with Gasteiger partial charge in [0, 0.05) is 62.9 Å². The van der Waals surface area contributed by atoms with E-state index in [4.69, 9.17) is 10.5 Å². The average molecular weight is 568 g/mol. The molecule has 0 saturated carbocycles. The number of pyridine rings is 1. The van der Waals surface area contributed by atoms with Crippen molar-refractivity contribution >= 4 is 35.4 Å². The zero-order valence-corrected chi connectivity index (χ0v) is 23.4. The van der Waals surface area contributed by atoms with Gasteiger partial charge >= 0.3 is 0 Å². The highest BCUT2D eigenvalue weighted by Crippen LogP contribution is 2.37. The smallest absolute Gasteiger partial charge is 0.168 e. The lowest BCUT2D eigenvalue weighted by Gasteiger charge is -2.34. The molecule has 1 atom stereocenters. The second-order valence-electron chi connectivity index (χ2n) is 9.70. The maximum absolute atomic E-state index is 14.6. The van der Waals surface area contributed by atoms with Gasteiger partial charge in [-0.25, -0.2) is 23.7 Å². The lowest BCUT2D eigenvalue weighted by Crippen LogP contribution is -2.43. The number of methoxy groups -OCH3 is 1. The number of piperidine rings is 1. The molecule has 5 rings (SSSR count). The first-order chi connectivity index (χ1) is 18.8. The van der Waals surface area contributed by atoms with E-state index in [0.29, 0.717) is 29.6 Å². The molecule has 210 valence electrons. The van der Waals surface area contributed by atoms with Crippen LogP contribution in [0.25, 0.3) is 22.5 Å². The van der Waals surface area contributed by atoms with E-state index in [1.54, 1.807) is 41.6 Å². The summed E-state index contributed by atoms with van der Waals surface area (Å²) in [4.78, 5) is 17.4. The van der Waals surface area contributed by atoms with Crippen LogP contribution in [0.3, 0.4) is 0 Å². The third-order valence-electron chi connectivity index (χ3n) is 6.75. The number of hydrogen-bond acceptors (Lipinski definition) is 8. The molecule has 1 aliphatic rings. The van der Waals surface area contributed by atoms with Crippen LogP contribution in [0.4, 0.5) is 31.8 Å². The number of aromatic nitrogens is 3. The van der Waals surface area contributed by atoms with Crippen molar-refractivity contribution in [3.63, 3.8) is 0 Å². The van der Waals surface area contributed by atoms with Crippen LogP contribution in [0, 0.1) is 11.6 Å². The first-order valence-electron chi connectivity index (χ1n) is 12.7. The molecule has 0 aliphatic carbocycles. The molecule has 4 aromatic rings. The Hall–Kier alpha value is -4.02. The summed E-state index contributed by atoms with van der Waals surface area (Å²) in [5.74, 6) is 0.763. The number of hydrogen-bond donors (Lipinski definition) is 2. The van der Waals surface area contributed by atoms with Crippen molar-refractivity contribution in [2.24, 2.45) is 5.73 Å². The molecule has 0 spiro atoms. The number of nitrogens with two attached hydrogens (primary N) is 1. The van der Waals surface area contributed by atoms with Gasteiger partial charge in [0.2, 0.25) is 0 Å². The molecule has 2 aromatic heterocycles. The summed E-state index contributed by atoms with van der Waals surface area (Å²) in [6.45, 7) is 1.54. The SMILES string of the molecule is COc1cccc(F)c1-c1nccc(Nc2cc(N3CCC[C@H](N)C3)c(-c3ccc(F)c(N(C)C)c3)cn2)n1.Cl. The zero-order chi connectivity index (χ0) is 27.5. The third-order valence-corrected chi connectivity index (χ3v) is 6.75. The fourth-order valence-electron chi connectivity index (χ4n) is 4.82. The first kappa shape index (κ1) is 29.0. The van der Waals surface area contributed by atoms with E-state index in [1.165, 1.54) is 19.2 Å². The topological polar surface area (TPSA) is 92.4 Å². The van der Waals surface area contributed by atoms with Crippen LogP contribution in [-0.2, 0) is 0 Å². The molecule has 0 unspecified atom stereocenters. The Bertz CT molecular complexity index is 1490. The summed E-state index contributed by atoms with van der Waals surface area (Å²) >= 11 is 0. The van der Waals surface area contributed by atoms with Gasteiger partial charge in [-0.1, -0.05) is 12.1 Å². The predicted molar refractivity (Wildman–Crippen MR) is 158 cm³/mol. The number of nitrogens with zero attached hydrogens (tertiary/aromatic N) is 5. The Morgan fingerprint density at radius 3 is 2.62 bits per heavy atom. The van der Waals surface area contributed by atoms with Gasteiger partial charge in [0.25, 0.3) is 0 Å². The molecular weight excluding hydrogens is 536 g/mol. The van der Waals surface area contributed by atoms with Gasteiger partial charge in [0.1, 0.15) is 29.0 Å². The average Bonchev–Trinajstić information content (AvgIpc) is 2.93. The quantitative estimate of drug-likeness (QED) is 0.296. The van der Waals surface area contributed by atoms with Crippen molar-refractivity contribution in [2.75, 3.05) is 49.4 Å². The van der Waals surface area contributed by atoms with Crippen molar-refractivity contribution in [2.45, 2.75) is 18.9 Å². The molecular formula is C29H32ClF2N7O. The molecule has 0 bridgehead atoms. The van der Waals surface area contributed by atoms with Crippen LogP contribution in [-0.4, -0.2) is 55.3 Å². The van der Waals surface area contributed by atoms with Gasteiger partial charge in [-0.2, -0.15) is 0 Å². The molecule has 40 heavy (non-hydrogen) atoms. The largest absolute Gasteiger partial charge is 0.496 e. The molecule has 1 aliphatic heterocycles. The minimum atomic E-state index is -0.478. The van der Waals surface area contributed by atoms with Crippen LogP contribution in [0.5, 0.6) is 5.75 Å². The number of anilines is 4. The number of rotatable bonds is 7. The van der Waals surface area contributed by atoms with Gasteiger partial charge in [-0.15, -0.1) is 12.4 Å². The van der Waals surface area contributed by atoms with Gasteiger partial charge in [-0.05, 0) is 48.7 Å². The first-order valence-corrected chi connectivity index (χ1v) is 12.7. The lowest BCUT2D eigenvalue weighted by molar-refractivity contribution is 0.413. The summed E-state index contributed by atoms with van der Waals surface area (Å²) in [7, 11) is 5.10. The minimum Gasteiger partial charge on any atom is -0.496 e. The van der Waals surface area contributed by atoms with E-state index in [-0.39, 0.29) is 35.7 Å². The van der Waals surface area contributed by atoms with Gasteiger partial charge in [0.15, 0.2) is 5.82 Å². The van der Waals surface area contributed by atoms with E-state index < -0.39 is 5.82 Å². The summed E-state index contributed by atoms with van der Waals surface area (Å²) < 4.78 is 34.4. The maximum Gasteiger partial charge on any atom is 0.168 e. The third kappa shape index (κ3) is 6.08. The van der Waals surface area contributed by atoms with E-state index in [9.17, 15) is 8.78 Å². The number of nitrogens with one attached hydrogen (secondary N) is 1. The van der Waals surface area contributed by atoms with Crippen molar-refractivity contribution < 1.29 is 13.5 Å². The second-order valence-corrected chi connectivity index (χ2v) is 9.70. The van der Waals surface area contributed by atoms with Crippen molar-refractivity contribution in [3.05, 3.63) is 72.6 Å². The Labute approximate surface area is 238 Å². The summed E-state index contributed by atoms with van der Waals surface area (Å²) in [6, 6.07) is 13.3. The Morgan fingerprint density at radius 1 is 1.05 bits per heavy atom. The molecule has 1 fully saturated rings. The van der Waals surface area contributed by atoms with E-state index in [0.717, 1.165) is 36.2 Å². The fourth-order valence-corrected chi connectivity index (χ4v) is 4.82. The minimum absolute atomic E-state index is 0. The van der Waals surface area contributed by atoms with Crippen LogP contribution >= 0.6 is 12.4 Å². The summed E-state index contributed by atoms with van der Waals surface area (Å²) in [5, 5.41) is 3.23. The Kier molecular flexibility index (Phi) is 9.01. The summed E-state index contributed by atoms with van der Waals surface area (Å²) in [5.41, 5.74) is 9.65. The second kappa shape index (κ2) is 12.4. The van der Waals surface area contributed by atoms with E-state index in [1.807, 2.05) is 26.2 Å². The Balaban J connectivity index is 0.00000370. The molecule has 1 saturated heterocycles. The van der Waals surface area contributed by atoms with Crippen LogP contribution in [0.1, 0.15) is 12.8 Å². The van der Waals surface area contributed by atoms with Crippen molar-refractivity contribution in [1.82, 2.24) is 15.0 Å². The van der Waals surface area contributed by atoms with Gasteiger partial charge in [0.05, 0.1) is 18.4 Å². The van der Waals surface area contributed by atoms with Crippen LogP contribution in [0.15, 0.2) is 60.9 Å². The molecule has 3 heterocycles. The van der Waals surface area contributed by atoms with Crippen LogP contribution < -0.4 is 25.6 Å². The fraction of sp³-hybridized carbons (Fsp3) is 0.276. The lowest BCUT2D eigenvalue weighted by atomic mass is 10.0. The highest BCUT2D eigenvalue weighted by Gasteiger charge is 2.22. The zero-order valence-electron chi connectivity index (χ0n) is 22.6. The number of ether oxygens (including phenoxy) is 1. The van der Waals surface area contributed by atoms with Gasteiger partial charge in [-0.3, -0.25) is 0 Å². The van der Waals surface area contributed by atoms with E-state index in [2.05, 4.69) is 25.2 Å². The van der Waals surface area contributed by atoms with Crippen molar-refractivity contribution in [1.29, 1.82) is 0 Å². The molecule has 0 amide bonds. The molecule has 11 heteroatoms.